The maximum absolute atomic E-state index is 12.6. The van der Waals surface area contributed by atoms with Crippen LogP contribution in [0.1, 0.15) is 26.3 Å². The second-order valence-corrected chi connectivity index (χ2v) is 8.47. The Bertz CT molecular complexity index is 1580. The predicted molar refractivity (Wildman–Crippen MR) is 136 cm³/mol. The van der Waals surface area contributed by atoms with Crippen LogP contribution < -0.4 is 20.9 Å². The fourth-order valence-corrected chi connectivity index (χ4v) is 4.18. The van der Waals surface area contributed by atoms with Crippen LogP contribution in [0.3, 0.4) is 0 Å². The summed E-state index contributed by atoms with van der Waals surface area (Å²) in [5, 5.41) is 4.86. The Morgan fingerprint density at radius 1 is 1.05 bits per heavy atom. The van der Waals surface area contributed by atoms with E-state index < -0.39 is 11.9 Å². The highest BCUT2D eigenvalue weighted by atomic mass is 16.5. The number of hydrogen-bond donors (Lipinski definition) is 3. The summed E-state index contributed by atoms with van der Waals surface area (Å²) in [6.45, 7) is 0.909. The number of rotatable bonds is 6. The van der Waals surface area contributed by atoms with Crippen LogP contribution in [0.5, 0.6) is 5.75 Å². The summed E-state index contributed by atoms with van der Waals surface area (Å²) < 4.78 is 5.17. The van der Waals surface area contributed by atoms with Crippen molar-refractivity contribution in [2.75, 3.05) is 20.2 Å². The molecular weight excluding hydrogens is 474 g/mol. The second kappa shape index (κ2) is 9.94. The predicted octanol–water partition coefficient (Wildman–Crippen LogP) is 2.69. The zero-order valence-corrected chi connectivity index (χ0v) is 19.9. The van der Waals surface area contributed by atoms with Gasteiger partial charge in [0.15, 0.2) is 0 Å². The highest BCUT2D eigenvalue weighted by molar-refractivity contribution is 6.04. The maximum atomic E-state index is 12.6. The Kier molecular flexibility index (Phi) is 6.38. The summed E-state index contributed by atoms with van der Waals surface area (Å²) in [5.74, 6) is -0.119. The molecule has 186 valence electrons. The van der Waals surface area contributed by atoms with Crippen molar-refractivity contribution in [2.45, 2.75) is 6.54 Å². The zero-order valence-electron chi connectivity index (χ0n) is 19.9. The monoisotopic (exact) mass is 497 g/mol. The molecule has 0 saturated heterocycles. The van der Waals surface area contributed by atoms with Crippen molar-refractivity contribution in [1.29, 1.82) is 0 Å². The van der Waals surface area contributed by atoms with Gasteiger partial charge in [-0.3, -0.25) is 19.7 Å². The number of carbonyl (C=O) groups excluding carboxylic acids is 3. The molecule has 4 aromatic rings. The van der Waals surface area contributed by atoms with Crippen LogP contribution in [0, 0.1) is 0 Å². The van der Waals surface area contributed by atoms with Crippen LogP contribution in [0.15, 0.2) is 71.5 Å². The first-order chi connectivity index (χ1) is 17.9. The topological polar surface area (TPSA) is 133 Å². The number of H-pyrrole nitrogens is 1. The molecule has 0 atom stereocenters. The van der Waals surface area contributed by atoms with E-state index in [1.54, 1.807) is 48.4 Å². The number of urea groups is 1. The lowest BCUT2D eigenvalue weighted by atomic mass is 10.1. The van der Waals surface area contributed by atoms with Crippen molar-refractivity contribution in [1.82, 2.24) is 25.5 Å². The fraction of sp³-hybridized carbons (Fsp3) is 0.148. The molecule has 1 aliphatic heterocycles. The molecule has 0 saturated carbocycles. The number of para-hydroxylation sites is 2. The Balaban J connectivity index is 1.15. The largest absolute Gasteiger partial charge is 0.497 e. The lowest BCUT2D eigenvalue weighted by Gasteiger charge is -2.16. The number of hydrogen-bond acceptors (Lipinski definition) is 6. The van der Waals surface area contributed by atoms with Gasteiger partial charge in [-0.2, -0.15) is 0 Å². The maximum Gasteiger partial charge on any atom is 0.321 e. The van der Waals surface area contributed by atoms with Crippen molar-refractivity contribution in [3.05, 3.63) is 93.8 Å². The Labute approximate surface area is 211 Å². The average molecular weight is 498 g/mol. The molecule has 0 bridgehead atoms. The lowest BCUT2D eigenvalue weighted by molar-refractivity contribution is 0.0778. The minimum atomic E-state index is -0.674. The smallest absolute Gasteiger partial charge is 0.321 e. The van der Waals surface area contributed by atoms with Gasteiger partial charge in [0, 0.05) is 36.3 Å². The van der Waals surface area contributed by atoms with Crippen LogP contribution in [0.2, 0.25) is 0 Å². The summed E-state index contributed by atoms with van der Waals surface area (Å²) >= 11 is 0. The first-order valence-electron chi connectivity index (χ1n) is 11.6. The van der Waals surface area contributed by atoms with Gasteiger partial charge in [0.2, 0.25) is 0 Å². The molecule has 10 nitrogen and oxygen atoms in total. The molecule has 1 aliphatic rings. The van der Waals surface area contributed by atoms with Crippen molar-refractivity contribution in [3.8, 4) is 17.0 Å². The number of methoxy groups -OCH3 is 1. The molecule has 5 rings (SSSR count). The Morgan fingerprint density at radius 3 is 2.62 bits per heavy atom. The minimum absolute atomic E-state index is 0.132. The molecule has 2 heterocycles. The third-order valence-corrected chi connectivity index (χ3v) is 6.11. The second-order valence-electron chi connectivity index (χ2n) is 8.47. The van der Waals surface area contributed by atoms with Gasteiger partial charge in [-0.25, -0.2) is 9.78 Å². The van der Waals surface area contributed by atoms with E-state index in [1.165, 1.54) is 12.1 Å². The minimum Gasteiger partial charge on any atom is -0.497 e. The van der Waals surface area contributed by atoms with Crippen molar-refractivity contribution in [2.24, 2.45) is 0 Å². The van der Waals surface area contributed by atoms with E-state index in [4.69, 9.17) is 4.74 Å². The first kappa shape index (κ1) is 23.7. The zero-order chi connectivity index (χ0) is 25.9. The Morgan fingerprint density at radius 2 is 1.84 bits per heavy atom. The molecular formula is C27H23N5O5. The van der Waals surface area contributed by atoms with Crippen LogP contribution >= 0.6 is 0 Å². The number of amides is 4. The van der Waals surface area contributed by atoms with E-state index in [9.17, 15) is 19.2 Å². The fourth-order valence-electron chi connectivity index (χ4n) is 4.18. The van der Waals surface area contributed by atoms with E-state index in [-0.39, 0.29) is 29.3 Å². The molecule has 0 aliphatic carbocycles. The van der Waals surface area contributed by atoms with E-state index in [0.717, 1.165) is 5.56 Å². The van der Waals surface area contributed by atoms with Gasteiger partial charge in [0.05, 0.1) is 18.1 Å². The standard InChI is InChI=1S/C27H23N5O5/c1-37-19-11-10-18-15-32(26(35)20(18)14-19)13-12-28-27(36)31-24(33)17-8-6-16(7-9-17)23-25(34)30-22-5-3-2-4-21(22)29-23/h2-11,14H,12-13,15H2,1H3,(H,30,34)(H2,28,31,33,36). The quantitative estimate of drug-likeness (QED) is 0.375. The molecule has 10 heteroatoms. The summed E-state index contributed by atoms with van der Waals surface area (Å²) in [5.41, 5.74) is 3.46. The van der Waals surface area contributed by atoms with E-state index in [0.29, 0.717) is 41.0 Å². The van der Waals surface area contributed by atoms with Gasteiger partial charge in [-0.15, -0.1) is 0 Å². The molecule has 1 aromatic heterocycles. The molecule has 37 heavy (non-hydrogen) atoms. The number of imide groups is 1. The van der Waals surface area contributed by atoms with Crippen LogP contribution in [-0.2, 0) is 6.54 Å². The summed E-state index contributed by atoms with van der Waals surface area (Å²) in [6.07, 6.45) is 0. The lowest BCUT2D eigenvalue weighted by Crippen LogP contribution is -2.42. The van der Waals surface area contributed by atoms with Gasteiger partial charge in [0.25, 0.3) is 17.4 Å². The number of nitrogens with zero attached hydrogens (tertiary/aromatic N) is 2. The van der Waals surface area contributed by atoms with Crippen molar-refractivity contribution >= 4 is 28.9 Å². The number of nitrogens with one attached hydrogen (secondary N) is 3. The third kappa shape index (κ3) is 4.90. The Hall–Kier alpha value is -4.99. The van der Waals surface area contributed by atoms with Gasteiger partial charge in [-0.1, -0.05) is 30.3 Å². The highest BCUT2D eigenvalue weighted by Crippen LogP contribution is 2.26. The van der Waals surface area contributed by atoms with Gasteiger partial charge in [-0.05, 0) is 42.0 Å². The van der Waals surface area contributed by atoms with Crippen molar-refractivity contribution in [3.63, 3.8) is 0 Å². The number of aromatic nitrogens is 2. The number of fused-ring (bicyclic) bond motifs is 2. The van der Waals surface area contributed by atoms with E-state index in [1.807, 2.05) is 18.2 Å². The number of ether oxygens (including phenoxy) is 1. The first-order valence-corrected chi connectivity index (χ1v) is 11.6. The van der Waals surface area contributed by atoms with Gasteiger partial charge >= 0.3 is 6.03 Å². The molecule has 0 spiro atoms. The molecule has 4 amide bonds. The molecule has 0 radical (unpaired) electrons. The normalized spacial score (nSPS) is 12.4. The van der Waals surface area contributed by atoms with Crippen LogP contribution in [0.25, 0.3) is 22.3 Å². The van der Waals surface area contributed by atoms with E-state index >= 15 is 0 Å². The number of aromatic amines is 1. The molecule has 0 fully saturated rings. The SMILES string of the molecule is COc1ccc2c(c1)C(=O)N(CCNC(=O)NC(=O)c1ccc(-c3nc4ccccc4[nH]c3=O)cc1)C2. The summed E-state index contributed by atoms with van der Waals surface area (Å²) in [7, 11) is 1.54. The van der Waals surface area contributed by atoms with Gasteiger partial charge in [0.1, 0.15) is 11.4 Å². The van der Waals surface area contributed by atoms with E-state index in [2.05, 4.69) is 20.6 Å². The number of carbonyl (C=O) groups is 3. The van der Waals surface area contributed by atoms with Crippen LogP contribution in [0.4, 0.5) is 4.79 Å². The average Bonchev–Trinajstić information content (AvgIpc) is 3.22. The van der Waals surface area contributed by atoms with Crippen LogP contribution in [-0.4, -0.2) is 52.9 Å². The van der Waals surface area contributed by atoms with Gasteiger partial charge < -0.3 is 19.9 Å². The summed E-state index contributed by atoms with van der Waals surface area (Å²) in [4.78, 5) is 58.6. The molecule has 3 N–H and O–H groups in total. The molecule has 0 unspecified atom stereocenters. The number of benzene rings is 3. The summed E-state index contributed by atoms with van der Waals surface area (Å²) in [6, 6.07) is 18.1. The molecule has 3 aromatic carbocycles. The third-order valence-electron chi connectivity index (χ3n) is 6.11. The highest BCUT2D eigenvalue weighted by Gasteiger charge is 2.27. The van der Waals surface area contributed by atoms with Crippen molar-refractivity contribution < 1.29 is 19.1 Å².